The van der Waals surface area contributed by atoms with Crippen molar-refractivity contribution in [2.75, 3.05) is 26.0 Å². The van der Waals surface area contributed by atoms with Gasteiger partial charge >= 0.3 is 0 Å². The topological polar surface area (TPSA) is 58.6 Å². The summed E-state index contributed by atoms with van der Waals surface area (Å²) in [7, 11) is 3.49. The van der Waals surface area contributed by atoms with Crippen molar-refractivity contribution in [3.63, 3.8) is 0 Å². The molecule has 0 aromatic heterocycles. The molecule has 0 spiro atoms. The SMILES string of the molecule is CN(C)C(=O)CCc1cccc(NC(=O)c2ccc(OCCc3ccccc3)c(Br)c2)c1. The van der Waals surface area contributed by atoms with Gasteiger partial charge in [0.25, 0.3) is 5.91 Å². The van der Waals surface area contributed by atoms with Gasteiger partial charge in [-0.05, 0) is 63.8 Å². The molecule has 0 heterocycles. The van der Waals surface area contributed by atoms with Crippen molar-refractivity contribution in [3.05, 3.63) is 94.0 Å². The first kappa shape index (κ1) is 23.5. The predicted molar refractivity (Wildman–Crippen MR) is 131 cm³/mol. The highest BCUT2D eigenvalue weighted by Gasteiger charge is 2.11. The first-order chi connectivity index (χ1) is 15.4. The molecule has 0 saturated carbocycles. The molecule has 0 atom stereocenters. The van der Waals surface area contributed by atoms with E-state index in [-0.39, 0.29) is 11.8 Å². The largest absolute Gasteiger partial charge is 0.492 e. The highest BCUT2D eigenvalue weighted by Crippen LogP contribution is 2.27. The first-order valence-corrected chi connectivity index (χ1v) is 11.3. The monoisotopic (exact) mass is 494 g/mol. The van der Waals surface area contributed by atoms with E-state index in [9.17, 15) is 9.59 Å². The van der Waals surface area contributed by atoms with Gasteiger partial charge in [0.15, 0.2) is 0 Å². The van der Waals surface area contributed by atoms with Crippen LogP contribution >= 0.6 is 15.9 Å². The Morgan fingerprint density at radius 3 is 2.38 bits per heavy atom. The summed E-state index contributed by atoms with van der Waals surface area (Å²) in [4.78, 5) is 26.1. The second kappa shape index (κ2) is 11.5. The van der Waals surface area contributed by atoms with E-state index in [2.05, 4.69) is 33.4 Å². The van der Waals surface area contributed by atoms with Gasteiger partial charge in [0.1, 0.15) is 5.75 Å². The van der Waals surface area contributed by atoms with E-state index in [1.54, 1.807) is 37.2 Å². The number of ether oxygens (including phenoxy) is 1. The van der Waals surface area contributed by atoms with Crippen molar-refractivity contribution < 1.29 is 14.3 Å². The van der Waals surface area contributed by atoms with Crippen LogP contribution in [0.5, 0.6) is 5.75 Å². The van der Waals surface area contributed by atoms with Crippen molar-refractivity contribution in [1.29, 1.82) is 0 Å². The van der Waals surface area contributed by atoms with Crippen molar-refractivity contribution in [3.8, 4) is 5.75 Å². The molecule has 3 rings (SSSR count). The zero-order valence-corrected chi connectivity index (χ0v) is 19.9. The maximum atomic E-state index is 12.7. The normalized spacial score (nSPS) is 10.5. The second-order valence-corrected chi connectivity index (χ2v) is 8.53. The molecule has 3 aromatic rings. The van der Waals surface area contributed by atoms with Crippen LogP contribution in [0.1, 0.15) is 27.9 Å². The molecular formula is C26H27BrN2O3. The van der Waals surface area contributed by atoms with E-state index in [0.717, 1.165) is 16.5 Å². The van der Waals surface area contributed by atoms with E-state index >= 15 is 0 Å². The molecule has 1 N–H and O–H groups in total. The molecule has 0 saturated heterocycles. The number of anilines is 1. The number of nitrogens with zero attached hydrogens (tertiary/aromatic N) is 1. The lowest BCUT2D eigenvalue weighted by atomic mass is 10.1. The van der Waals surface area contributed by atoms with E-state index in [0.29, 0.717) is 36.4 Å². The number of hydrogen-bond acceptors (Lipinski definition) is 3. The standard InChI is InChI=1S/C26H27BrN2O3/c1-29(2)25(30)14-11-20-9-6-10-22(17-20)28-26(31)21-12-13-24(23(27)18-21)32-16-15-19-7-4-3-5-8-19/h3-10,12-13,17-18H,11,14-16H2,1-2H3,(H,28,31). The van der Waals surface area contributed by atoms with Crippen LogP contribution in [-0.4, -0.2) is 37.4 Å². The molecule has 0 bridgehead atoms. The van der Waals surface area contributed by atoms with Crippen LogP contribution in [0.4, 0.5) is 5.69 Å². The van der Waals surface area contributed by atoms with E-state index in [4.69, 9.17) is 4.74 Å². The molecule has 0 aliphatic rings. The molecule has 0 aliphatic carbocycles. The third-order valence-corrected chi connectivity index (χ3v) is 5.62. The molecule has 0 fully saturated rings. The summed E-state index contributed by atoms with van der Waals surface area (Å²) in [5.41, 5.74) is 3.44. The molecule has 0 aliphatic heterocycles. The number of rotatable bonds is 9. The van der Waals surface area contributed by atoms with Crippen molar-refractivity contribution in [2.45, 2.75) is 19.3 Å². The summed E-state index contributed by atoms with van der Waals surface area (Å²) < 4.78 is 6.59. The number of amides is 2. The Morgan fingerprint density at radius 2 is 1.66 bits per heavy atom. The fourth-order valence-electron chi connectivity index (χ4n) is 3.17. The number of carbonyl (C=O) groups is 2. The maximum Gasteiger partial charge on any atom is 0.255 e. The molecular weight excluding hydrogens is 468 g/mol. The molecule has 0 unspecified atom stereocenters. The lowest BCUT2D eigenvalue weighted by Gasteiger charge is -2.12. The predicted octanol–water partition coefficient (Wildman–Crippen LogP) is 5.34. The third kappa shape index (κ3) is 6.95. The Bertz CT molecular complexity index is 1070. The quantitative estimate of drug-likeness (QED) is 0.436. The fraction of sp³-hybridized carbons (Fsp3) is 0.231. The van der Waals surface area contributed by atoms with Crippen LogP contribution in [0.25, 0.3) is 0 Å². The number of nitrogens with one attached hydrogen (secondary N) is 1. The first-order valence-electron chi connectivity index (χ1n) is 10.5. The number of hydrogen-bond donors (Lipinski definition) is 1. The number of benzene rings is 3. The van der Waals surface area contributed by atoms with E-state index in [1.807, 2.05) is 42.5 Å². The third-order valence-electron chi connectivity index (χ3n) is 5.00. The number of carbonyl (C=O) groups excluding carboxylic acids is 2. The van der Waals surface area contributed by atoms with Gasteiger partial charge in [-0.2, -0.15) is 0 Å². The molecule has 6 heteroatoms. The zero-order valence-electron chi connectivity index (χ0n) is 18.3. The maximum absolute atomic E-state index is 12.7. The van der Waals surface area contributed by atoms with E-state index in [1.165, 1.54) is 5.56 Å². The summed E-state index contributed by atoms with van der Waals surface area (Å²) in [6.45, 7) is 0.553. The zero-order chi connectivity index (χ0) is 22.9. The Hall–Kier alpha value is -3.12. The minimum absolute atomic E-state index is 0.0790. The van der Waals surface area contributed by atoms with Crippen molar-refractivity contribution >= 4 is 33.4 Å². The summed E-state index contributed by atoms with van der Waals surface area (Å²) >= 11 is 3.50. The van der Waals surface area contributed by atoms with Gasteiger partial charge in [-0.15, -0.1) is 0 Å². The smallest absolute Gasteiger partial charge is 0.255 e. The van der Waals surface area contributed by atoms with Gasteiger partial charge in [0.05, 0.1) is 11.1 Å². The Labute approximate surface area is 197 Å². The molecule has 3 aromatic carbocycles. The highest BCUT2D eigenvalue weighted by atomic mass is 79.9. The Morgan fingerprint density at radius 1 is 0.906 bits per heavy atom. The van der Waals surface area contributed by atoms with Crippen LogP contribution in [0.2, 0.25) is 0 Å². The molecule has 166 valence electrons. The van der Waals surface area contributed by atoms with Crippen LogP contribution in [0, 0.1) is 0 Å². The van der Waals surface area contributed by atoms with Crippen molar-refractivity contribution in [1.82, 2.24) is 4.90 Å². The van der Waals surface area contributed by atoms with Crippen LogP contribution in [-0.2, 0) is 17.6 Å². The lowest BCUT2D eigenvalue weighted by Crippen LogP contribution is -2.21. The van der Waals surface area contributed by atoms with Crippen LogP contribution in [0.15, 0.2) is 77.3 Å². The Kier molecular flexibility index (Phi) is 8.45. The molecule has 32 heavy (non-hydrogen) atoms. The summed E-state index contributed by atoms with van der Waals surface area (Å²) in [6.07, 6.45) is 1.87. The van der Waals surface area contributed by atoms with E-state index < -0.39 is 0 Å². The average Bonchev–Trinajstić information content (AvgIpc) is 2.79. The molecule has 5 nitrogen and oxygen atoms in total. The van der Waals surface area contributed by atoms with Gasteiger partial charge in [-0.1, -0.05) is 42.5 Å². The van der Waals surface area contributed by atoms with Gasteiger partial charge in [0, 0.05) is 38.2 Å². The number of aryl methyl sites for hydroxylation is 1. The van der Waals surface area contributed by atoms with Crippen molar-refractivity contribution in [2.24, 2.45) is 0 Å². The Balaban J connectivity index is 1.56. The summed E-state index contributed by atoms with van der Waals surface area (Å²) in [5, 5.41) is 2.92. The van der Waals surface area contributed by atoms with Crippen LogP contribution in [0.3, 0.4) is 0 Å². The van der Waals surface area contributed by atoms with Gasteiger partial charge in [-0.3, -0.25) is 9.59 Å². The number of halogens is 1. The van der Waals surface area contributed by atoms with Gasteiger partial charge < -0.3 is 15.0 Å². The fourth-order valence-corrected chi connectivity index (χ4v) is 3.66. The summed E-state index contributed by atoms with van der Waals surface area (Å²) in [6, 6.07) is 23.0. The minimum Gasteiger partial charge on any atom is -0.492 e. The lowest BCUT2D eigenvalue weighted by molar-refractivity contribution is -0.128. The molecule has 0 radical (unpaired) electrons. The average molecular weight is 495 g/mol. The summed E-state index contributed by atoms with van der Waals surface area (Å²) in [5.74, 6) is 0.573. The van der Waals surface area contributed by atoms with Crippen LogP contribution < -0.4 is 10.1 Å². The van der Waals surface area contributed by atoms with Gasteiger partial charge in [-0.25, -0.2) is 0 Å². The van der Waals surface area contributed by atoms with Gasteiger partial charge in [0.2, 0.25) is 5.91 Å². The minimum atomic E-state index is -0.206. The molecule has 2 amide bonds. The second-order valence-electron chi connectivity index (χ2n) is 7.67. The highest BCUT2D eigenvalue weighted by molar-refractivity contribution is 9.10.